The number of aliphatic hydroxyl groups excluding tert-OH is 1. The molecule has 0 amide bonds. The first-order valence-electron chi connectivity index (χ1n) is 4.15. The zero-order chi connectivity index (χ0) is 10.2. The Bertz CT molecular complexity index is 409. The third-order valence-electron chi connectivity index (χ3n) is 1.53. The van der Waals surface area contributed by atoms with Crippen molar-refractivity contribution in [2.75, 3.05) is 6.61 Å². The maximum absolute atomic E-state index is 10.1. The summed E-state index contributed by atoms with van der Waals surface area (Å²) >= 11 is 0. The van der Waals surface area contributed by atoms with Crippen molar-refractivity contribution in [2.24, 2.45) is 4.99 Å². The number of para-hydroxylation sites is 1. The summed E-state index contributed by atoms with van der Waals surface area (Å²) < 4.78 is 0. The van der Waals surface area contributed by atoms with Crippen molar-refractivity contribution in [3.05, 3.63) is 29.8 Å². The van der Waals surface area contributed by atoms with Crippen LogP contribution in [0.25, 0.3) is 0 Å². The van der Waals surface area contributed by atoms with Gasteiger partial charge >= 0.3 is 0 Å². The van der Waals surface area contributed by atoms with Gasteiger partial charge in [-0.1, -0.05) is 24.0 Å². The van der Waals surface area contributed by atoms with Crippen molar-refractivity contribution in [3.8, 4) is 11.8 Å². The number of aliphatic imine (C=N–C) groups is 1. The second kappa shape index (κ2) is 5.71. The molecule has 0 bridgehead atoms. The van der Waals surface area contributed by atoms with Gasteiger partial charge in [0.15, 0.2) is 0 Å². The molecule has 1 rings (SSSR count). The van der Waals surface area contributed by atoms with E-state index in [0.29, 0.717) is 17.7 Å². The Kier molecular flexibility index (Phi) is 4.16. The van der Waals surface area contributed by atoms with E-state index in [1.807, 2.05) is 6.07 Å². The summed E-state index contributed by atoms with van der Waals surface area (Å²) in [5.41, 5.74) is 1.18. The zero-order valence-corrected chi connectivity index (χ0v) is 7.53. The van der Waals surface area contributed by atoms with Crippen LogP contribution in [0.4, 0.5) is 5.69 Å². The minimum Gasteiger partial charge on any atom is -0.395 e. The van der Waals surface area contributed by atoms with E-state index in [4.69, 9.17) is 5.11 Å². The maximum Gasteiger partial charge on any atom is 0.240 e. The third kappa shape index (κ3) is 2.87. The molecule has 1 N–H and O–H groups in total. The lowest BCUT2D eigenvalue weighted by Gasteiger charge is -1.93. The molecule has 70 valence electrons. The molecule has 0 saturated heterocycles. The topological polar surface area (TPSA) is 49.7 Å². The average molecular weight is 187 g/mol. The molecule has 0 aromatic heterocycles. The van der Waals surface area contributed by atoms with Crippen LogP contribution in [0.1, 0.15) is 12.0 Å². The highest BCUT2D eigenvalue weighted by molar-refractivity contribution is 5.59. The van der Waals surface area contributed by atoms with Crippen LogP contribution in [0.2, 0.25) is 0 Å². The molecule has 0 aliphatic rings. The van der Waals surface area contributed by atoms with Gasteiger partial charge in [0, 0.05) is 6.42 Å². The number of isocyanates is 1. The van der Waals surface area contributed by atoms with Crippen LogP contribution < -0.4 is 0 Å². The maximum atomic E-state index is 10.1. The van der Waals surface area contributed by atoms with Crippen molar-refractivity contribution < 1.29 is 9.90 Å². The summed E-state index contributed by atoms with van der Waals surface area (Å²) in [5.74, 6) is 5.58. The fourth-order valence-electron chi connectivity index (χ4n) is 0.940. The molecule has 14 heavy (non-hydrogen) atoms. The standard InChI is InChI=1S/C11H9NO2/c13-8-4-3-6-10-5-1-2-7-11(10)12-9-14/h1-2,5,7,13H,4,8H2. The largest absolute Gasteiger partial charge is 0.395 e. The molecule has 0 radical (unpaired) electrons. The molecule has 3 nitrogen and oxygen atoms in total. The molecule has 0 saturated carbocycles. The summed E-state index contributed by atoms with van der Waals surface area (Å²) in [6.45, 7) is 0.0338. The molecule has 1 aromatic rings. The van der Waals surface area contributed by atoms with E-state index < -0.39 is 0 Å². The number of nitrogens with zero attached hydrogens (tertiary/aromatic N) is 1. The van der Waals surface area contributed by atoms with Crippen molar-refractivity contribution in [1.82, 2.24) is 0 Å². The molecule has 0 unspecified atom stereocenters. The van der Waals surface area contributed by atoms with Gasteiger partial charge in [-0.2, -0.15) is 4.99 Å². The van der Waals surface area contributed by atoms with Crippen LogP contribution in [0.15, 0.2) is 29.3 Å². The summed E-state index contributed by atoms with van der Waals surface area (Å²) in [4.78, 5) is 13.6. The van der Waals surface area contributed by atoms with Crippen LogP contribution in [-0.4, -0.2) is 17.8 Å². The Morgan fingerprint density at radius 1 is 1.36 bits per heavy atom. The number of aliphatic hydroxyl groups is 1. The van der Waals surface area contributed by atoms with Crippen molar-refractivity contribution in [3.63, 3.8) is 0 Å². The van der Waals surface area contributed by atoms with E-state index >= 15 is 0 Å². The molecular formula is C11H9NO2. The number of hydrogen-bond donors (Lipinski definition) is 1. The molecule has 0 heterocycles. The lowest BCUT2D eigenvalue weighted by molar-refractivity contribution is 0.305. The highest BCUT2D eigenvalue weighted by Crippen LogP contribution is 2.16. The third-order valence-corrected chi connectivity index (χ3v) is 1.53. The van der Waals surface area contributed by atoms with Gasteiger partial charge in [-0.15, -0.1) is 0 Å². The molecule has 0 aliphatic heterocycles. The molecule has 0 atom stereocenters. The SMILES string of the molecule is O=C=Nc1ccccc1C#CCCO. The van der Waals surface area contributed by atoms with Crippen LogP contribution in [0.3, 0.4) is 0 Å². The van der Waals surface area contributed by atoms with E-state index in [1.54, 1.807) is 18.2 Å². The molecule has 3 heteroatoms. The number of hydrogen-bond acceptors (Lipinski definition) is 3. The van der Waals surface area contributed by atoms with Gasteiger partial charge in [0.1, 0.15) is 0 Å². The van der Waals surface area contributed by atoms with Gasteiger partial charge in [0.25, 0.3) is 0 Å². The smallest absolute Gasteiger partial charge is 0.240 e. The van der Waals surface area contributed by atoms with Gasteiger partial charge < -0.3 is 5.11 Å². The second-order valence-electron chi connectivity index (χ2n) is 2.50. The molecular weight excluding hydrogens is 178 g/mol. The Morgan fingerprint density at radius 2 is 2.14 bits per heavy atom. The number of carbonyl (C=O) groups excluding carboxylic acids is 1. The summed E-state index contributed by atoms with van der Waals surface area (Å²) in [6.07, 6.45) is 1.89. The second-order valence-corrected chi connectivity index (χ2v) is 2.50. The first-order chi connectivity index (χ1) is 6.88. The molecule has 1 aromatic carbocycles. The first-order valence-corrected chi connectivity index (χ1v) is 4.15. The van der Waals surface area contributed by atoms with Crippen LogP contribution in [0.5, 0.6) is 0 Å². The minimum absolute atomic E-state index is 0.0338. The minimum atomic E-state index is 0.0338. The van der Waals surface area contributed by atoms with Gasteiger partial charge in [-0.3, -0.25) is 0 Å². The quantitative estimate of drug-likeness (QED) is 0.432. The van der Waals surface area contributed by atoms with Gasteiger partial charge in [-0.25, -0.2) is 4.79 Å². The van der Waals surface area contributed by atoms with Crippen molar-refractivity contribution in [2.45, 2.75) is 6.42 Å². The van der Waals surface area contributed by atoms with E-state index in [2.05, 4.69) is 16.8 Å². The van der Waals surface area contributed by atoms with Crippen molar-refractivity contribution in [1.29, 1.82) is 0 Å². The van der Waals surface area contributed by atoms with Crippen LogP contribution in [-0.2, 0) is 4.79 Å². The van der Waals surface area contributed by atoms with E-state index in [9.17, 15) is 4.79 Å². The van der Waals surface area contributed by atoms with Crippen molar-refractivity contribution >= 4 is 11.8 Å². The fourth-order valence-corrected chi connectivity index (χ4v) is 0.940. The Morgan fingerprint density at radius 3 is 2.86 bits per heavy atom. The van der Waals surface area contributed by atoms with E-state index in [1.165, 1.54) is 6.08 Å². The highest BCUT2D eigenvalue weighted by Gasteiger charge is 1.94. The van der Waals surface area contributed by atoms with Crippen LogP contribution in [0, 0.1) is 11.8 Å². The lowest BCUT2D eigenvalue weighted by atomic mass is 10.2. The molecule has 0 aliphatic carbocycles. The number of benzene rings is 1. The summed E-state index contributed by atoms with van der Waals surface area (Å²) in [6, 6.07) is 7.04. The summed E-state index contributed by atoms with van der Waals surface area (Å²) in [5, 5.41) is 8.53. The normalized spacial score (nSPS) is 8.36. The predicted octanol–water partition coefficient (Wildman–Crippen LogP) is 1.39. The van der Waals surface area contributed by atoms with E-state index in [-0.39, 0.29) is 6.61 Å². The highest BCUT2D eigenvalue weighted by atomic mass is 16.2. The van der Waals surface area contributed by atoms with Gasteiger partial charge in [-0.05, 0) is 12.1 Å². The molecule has 0 spiro atoms. The predicted molar refractivity (Wildman–Crippen MR) is 52.8 cm³/mol. The van der Waals surface area contributed by atoms with Gasteiger partial charge in [0.2, 0.25) is 6.08 Å². The van der Waals surface area contributed by atoms with Gasteiger partial charge in [0.05, 0.1) is 17.9 Å². The average Bonchev–Trinajstić information content (AvgIpc) is 2.21. The number of rotatable bonds is 2. The fraction of sp³-hybridized carbons (Fsp3) is 0.182. The molecule has 0 fully saturated rings. The van der Waals surface area contributed by atoms with Crippen LogP contribution >= 0.6 is 0 Å². The Labute approximate surface area is 82.1 Å². The Hall–Kier alpha value is -1.88. The van der Waals surface area contributed by atoms with E-state index in [0.717, 1.165) is 0 Å². The summed E-state index contributed by atoms with van der Waals surface area (Å²) in [7, 11) is 0. The Balaban J connectivity index is 2.97. The first kappa shape index (κ1) is 10.2. The lowest BCUT2D eigenvalue weighted by Crippen LogP contribution is -1.78. The zero-order valence-electron chi connectivity index (χ0n) is 7.53. The monoisotopic (exact) mass is 187 g/mol.